The third-order valence-corrected chi connectivity index (χ3v) is 2.55. The van der Waals surface area contributed by atoms with Crippen LogP contribution in [0.15, 0.2) is 0 Å². The summed E-state index contributed by atoms with van der Waals surface area (Å²) in [6, 6.07) is 0.630. The minimum Gasteiger partial charge on any atom is -0.382 e. The SMILES string of the molecule is COCC1CCN(C(C)C)CCO1. The third kappa shape index (κ3) is 3.63. The summed E-state index contributed by atoms with van der Waals surface area (Å²) in [6.07, 6.45) is 1.39. The van der Waals surface area contributed by atoms with E-state index in [-0.39, 0.29) is 0 Å². The molecule has 0 aromatic rings. The van der Waals surface area contributed by atoms with Gasteiger partial charge in [0.2, 0.25) is 0 Å². The maximum atomic E-state index is 5.66. The maximum absolute atomic E-state index is 5.66. The first-order chi connectivity index (χ1) is 6.24. The molecule has 1 fully saturated rings. The summed E-state index contributed by atoms with van der Waals surface area (Å²) in [4.78, 5) is 2.45. The highest BCUT2D eigenvalue weighted by Gasteiger charge is 2.18. The Balaban J connectivity index is 2.30. The molecule has 0 saturated carbocycles. The predicted molar refractivity (Wildman–Crippen MR) is 52.9 cm³/mol. The first-order valence-electron chi connectivity index (χ1n) is 5.08. The number of ether oxygens (including phenoxy) is 2. The van der Waals surface area contributed by atoms with Crippen molar-refractivity contribution in [3.63, 3.8) is 0 Å². The zero-order chi connectivity index (χ0) is 9.68. The zero-order valence-electron chi connectivity index (χ0n) is 8.95. The fraction of sp³-hybridized carbons (Fsp3) is 1.00. The van der Waals surface area contributed by atoms with Gasteiger partial charge in [-0.15, -0.1) is 0 Å². The Morgan fingerprint density at radius 1 is 1.46 bits per heavy atom. The van der Waals surface area contributed by atoms with Gasteiger partial charge in [-0.1, -0.05) is 0 Å². The van der Waals surface area contributed by atoms with E-state index in [1.165, 1.54) is 0 Å². The Hall–Kier alpha value is -0.120. The molecule has 0 aliphatic carbocycles. The molecule has 1 atom stereocenters. The Morgan fingerprint density at radius 2 is 2.23 bits per heavy atom. The van der Waals surface area contributed by atoms with Crippen molar-refractivity contribution in [2.45, 2.75) is 32.4 Å². The van der Waals surface area contributed by atoms with E-state index in [0.29, 0.717) is 12.1 Å². The van der Waals surface area contributed by atoms with Crippen LogP contribution >= 0.6 is 0 Å². The summed E-state index contributed by atoms with van der Waals surface area (Å²) in [5.74, 6) is 0. The monoisotopic (exact) mass is 187 g/mol. The van der Waals surface area contributed by atoms with Crippen molar-refractivity contribution in [2.75, 3.05) is 33.4 Å². The van der Waals surface area contributed by atoms with Gasteiger partial charge in [0, 0.05) is 26.2 Å². The number of hydrogen-bond donors (Lipinski definition) is 0. The summed E-state index contributed by atoms with van der Waals surface area (Å²) in [7, 11) is 1.73. The standard InChI is InChI=1S/C10H21NO2/c1-9(2)11-5-4-10(8-12-3)13-7-6-11/h9-10H,4-8H2,1-3H3. The van der Waals surface area contributed by atoms with E-state index in [4.69, 9.17) is 9.47 Å². The highest BCUT2D eigenvalue weighted by Crippen LogP contribution is 2.09. The van der Waals surface area contributed by atoms with Crippen LogP contribution in [0, 0.1) is 0 Å². The minimum absolute atomic E-state index is 0.300. The smallest absolute Gasteiger partial charge is 0.0821 e. The van der Waals surface area contributed by atoms with Crippen molar-refractivity contribution in [2.24, 2.45) is 0 Å². The van der Waals surface area contributed by atoms with Gasteiger partial charge in [0.1, 0.15) is 0 Å². The molecular formula is C10H21NO2. The van der Waals surface area contributed by atoms with Crippen molar-refractivity contribution >= 4 is 0 Å². The molecule has 1 aliphatic heterocycles. The normalized spacial score (nSPS) is 26.3. The molecular weight excluding hydrogens is 166 g/mol. The molecule has 0 radical (unpaired) electrons. The van der Waals surface area contributed by atoms with Crippen molar-refractivity contribution < 1.29 is 9.47 Å². The number of nitrogens with zero attached hydrogens (tertiary/aromatic N) is 1. The molecule has 78 valence electrons. The van der Waals surface area contributed by atoms with E-state index < -0.39 is 0 Å². The highest BCUT2D eigenvalue weighted by molar-refractivity contribution is 4.70. The number of methoxy groups -OCH3 is 1. The molecule has 13 heavy (non-hydrogen) atoms. The Bertz CT molecular complexity index is 139. The second-order valence-corrected chi connectivity index (χ2v) is 3.87. The highest BCUT2D eigenvalue weighted by atomic mass is 16.5. The average Bonchev–Trinajstić information content (AvgIpc) is 2.30. The van der Waals surface area contributed by atoms with E-state index in [1.807, 2.05) is 0 Å². The molecule has 1 rings (SSSR count). The Labute approximate surface area is 81.0 Å². The van der Waals surface area contributed by atoms with Crippen molar-refractivity contribution in [1.29, 1.82) is 0 Å². The van der Waals surface area contributed by atoms with Crippen LogP contribution in [0.4, 0.5) is 0 Å². The largest absolute Gasteiger partial charge is 0.382 e. The van der Waals surface area contributed by atoms with Crippen LogP contribution in [-0.2, 0) is 9.47 Å². The van der Waals surface area contributed by atoms with Crippen molar-refractivity contribution in [1.82, 2.24) is 4.90 Å². The van der Waals surface area contributed by atoms with Gasteiger partial charge in [-0.05, 0) is 20.3 Å². The van der Waals surface area contributed by atoms with Crippen LogP contribution in [0.3, 0.4) is 0 Å². The van der Waals surface area contributed by atoms with Gasteiger partial charge in [0.15, 0.2) is 0 Å². The summed E-state index contributed by atoms with van der Waals surface area (Å²) in [6.45, 7) is 8.22. The quantitative estimate of drug-likeness (QED) is 0.661. The fourth-order valence-corrected chi connectivity index (χ4v) is 1.68. The molecule has 0 N–H and O–H groups in total. The molecule has 1 heterocycles. The van der Waals surface area contributed by atoms with Crippen LogP contribution in [-0.4, -0.2) is 50.5 Å². The lowest BCUT2D eigenvalue weighted by Crippen LogP contribution is -2.33. The van der Waals surface area contributed by atoms with E-state index in [2.05, 4.69) is 18.7 Å². The first-order valence-corrected chi connectivity index (χ1v) is 5.08. The lowest BCUT2D eigenvalue weighted by atomic mass is 10.2. The second kappa shape index (κ2) is 5.58. The van der Waals surface area contributed by atoms with Crippen molar-refractivity contribution in [3.05, 3.63) is 0 Å². The molecule has 0 aromatic heterocycles. The third-order valence-electron chi connectivity index (χ3n) is 2.55. The zero-order valence-corrected chi connectivity index (χ0v) is 8.95. The molecule has 0 spiro atoms. The summed E-state index contributed by atoms with van der Waals surface area (Å²) in [5, 5.41) is 0. The fourth-order valence-electron chi connectivity index (χ4n) is 1.68. The molecule has 3 heteroatoms. The molecule has 3 nitrogen and oxygen atoms in total. The van der Waals surface area contributed by atoms with Gasteiger partial charge in [0.25, 0.3) is 0 Å². The second-order valence-electron chi connectivity index (χ2n) is 3.87. The molecule has 1 aliphatic rings. The minimum atomic E-state index is 0.300. The van der Waals surface area contributed by atoms with E-state index >= 15 is 0 Å². The lowest BCUT2D eigenvalue weighted by molar-refractivity contribution is 0.00498. The molecule has 0 amide bonds. The predicted octanol–water partition coefficient (Wildman–Crippen LogP) is 1.13. The molecule has 1 unspecified atom stereocenters. The average molecular weight is 187 g/mol. The van der Waals surface area contributed by atoms with Gasteiger partial charge in [-0.3, -0.25) is 4.90 Å². The molecule has 0 bridgehead atoms. The van der Waals surface area contributed by atoms with Crippen LogP contribution in [0.2, 0.25) is 0 Å². The molecule has 1 saturated heterocycles. The number of hydrogen-bond acceptors (Lipinski definition) is 3. The van der Waals surface area contributed by atoms with Gasteiger partial charge in [-0.25, -0.2) is 0 Å². The summed E-state index contributed by atoms with van der Waals surface area (Å²) >= 11 is 0. The van der Waals surface area contributed by atoms with Crippen molar-refractivity contribution in [3.8, 4) is 0 Å². The van der Waals surface area contributed by atoms with Crippen LogP contribution < -0.4 is 0 Å². The Morgan fingerprint density at radius 3 is 2.85 bits per heavy atom. The van der Waals surface area contributed by atoms with Gasteiger partial charge in [-0.2, -0.15) is 0 Å². The maximum Gasteiger partial charge on any atom is 0.0821 e. The topological polar surface area (TPSA) is 21.7 Å². The van der Waals surface area contributed by atoms with Crippen LogP contribution in [0.25, 0.3) is 0 Å². The Kier molecular flexibility index (Phi) is 4.70. The van der Waals surface area contributed by atoms with Gasteiger partial charge in [0.05, 0.1) is 19.3 Å². The van der Waals surface area contributed by atoms with E-state index in [1.54, 1.807) is 7.11 Å². The summed E-state index contributed by atoms with van der Waals surface area (Å²) < 4.78 is 10.7. The number of rotatable bonds is 3. The summed E-state index contributed by atoms with van der Waals surface area (Å²) in [5.41, 5.74) is 0. The van der Waals surface area contributed by atoms with Gasteiger partial charge >= 0.3 is 0 Å². The lowest BCUT2D eigenvalue weighted by Gasteiger charge is -2.23. The van der Waals surface area contributed by atoms with E-state index in [0.717, 1.165) is 32.7 Å². The first kappa shape index (κ1) is 11.0. The van der Waals surface area contributed by atoms with E-state index in [9.17, 15) is 0 Å². The van der Waals surface area contributed by atoms with Gasteiger partial charge < -0.3 is 9.47 Å². The van der Waals surface area contributed by atoms with Crippen LogP contribution in [0.1, 0.15) is 20.3 Å². The van der Waals surface area contributed by atoms with Crippen LogP contribution in [0.5, 0.6) is 0 Å². The molecule has 0 aromatic carbocycles.